The van der Waals surface area contributed by atoms with E-state index in [-0.39, 0.29) is 17.6 Å². The summed E-state index contributed by atoms with van der Waals surface area (Å²) in [5.74, 6) is -6.11. The number of primary amides is 1. The fourth-order valence-electron chi connectivity index (χ4n) is 6.33. The molecule has 1 aromatic rings. The third-order valence-electron chi connectivity index (χ3n) is 8.03. The molecule has 0 aromatic heterocycles. The van der Waals surface area contributed by atoms with Crippen molar-refractivity contribution < 1.29 is 38.9 Å². The smallest absolute Gasteiger partial charge is 0.307 e. The Bertz CT molecular complexity index is 1340. The molecule has 3 aliphatic carbocycles. The number of amides is 1. The Labute approximate surface area is 233 Å². The highest BCUT2D eigenvalue weighted by molar-refractivity contribution is 6.22. The van der Waals surface area contributed by atoms with Gasteiger partial charge in [0.05, 0.1) is 18.2 Å². The van der Waals surface area contributed by atoms with Crippen molar-refractivity contribution in [1.29, 1.82) is 0 Å². The molecule has 0 saturated carbocycles. The van der Waals surface area contributed by atoms with Gasteiger partial charge >= 0.3 is 5.97 Å². The topological polar surface area (TPSA) is 160 Å². The number of nitrogens with zero attached hydrogens (tertiary/aromatic N) is 2. The number of aliphatic hydroxyl groups is 2. The summed E-state index contributed by atoms with van der Waals surface area (Å²) in [6, 6.07) is 2.51. The maximum Gasteiger partial charge on any atom is 0.307 e. The van der Waals surface area contributed by atoms with Crippen molar-refractivity contribution in [2.75, 3.05) is 39.7 Å². The van der Waals surface area contributed by atoms with Crippen molar-refractivity contribution in [2.24, 2.45) is 17.6 Å². The second kappa shape index (κ2) is 10.7. The minimum absolute atomic E-state index is 0.0000712. The van der Waals surface area contributed by atoms with Gasteiger partial charge in [0, 0.05) is 38.2 Å². The van der Waals surface area contributed by atoms with Crippen LogP contribution in [0.1, 0.15) is 49.0 Å². The number of carbonyl (C=O) groups excluding carboxylic acids is 4. The van der Waals surface area contributed by atoms with Gasteiger partial charge in [-0.25, -0.2) is 0 Å². The number of ketones is 2. The van der Waals surface area contributed by atoms with E-state index in [9.17, 15) is 29.4 Å². The highest BCUT2D eigenvalue weighted by Crippen LogP contribution is 2.54. The normalized spacial score (nSPS) is 25.9. The van der Waals surface area contributed by atoms with Gasteiger partial charge in [-0.05, 0) is 57.0 Å². The molecule has 4 atom stereocenters. The molecule has 216 valence electrons. The lowest BCUT2D eigenvalue weighted by molar-refractivity contribution is -0.148. The standard InChI is InChI=1S/C29H37N3O8/c1-7-8-11-39-19-10-9-18(31(3)4)16-12-15-13-17-23(32(5)6)25(35)22(28(30)37)26(36)29(17,38)27(40-14(2)33)20(15)24(34)21(16)19/h9-10,15,17,23,36,38H,7-8,11-13H2,1-6H3,(H2,30,37). The Morgan fingerprint density at radius 3 is 2.40 bits per heavy atom. The van der Waals surface area contributed by atoms with Crippen LogP contribution in [0.3, 0.4) is 0 Å². The molecule has 0 radical (unpaired) electrons. The predicted octanol–water partition coefficient (Wildman–Crippen LogP) is 1.67. The number of fused-ring (bicyclic) bond motifs is 3. The molecule has 3 aliphatic rings. The summed E-state index contributed by atoms with van der Waals surface area (Å²) >= 11 is 0. The number of benzene rings is 1. The number of esters is 1. The fourth-order valence-corrected chi connectivity index (χ4v) is 6.33. The Morgan fingerprint density at radius 1 is 1.18 bits per heavy atom. The molecule has 40 heavy (non-hydrogen) atoms. The molecule has 1 amide bonds. The molecule has 0 spiro atoms. The number of hydrogen-bond donors (Lipinski definition) is 3. The van der Waals surface area contributed by atoms with E-state index >= 15 is 0 Å². The van der Waals surface area contributed by atoms with Crippen LogP contribution in [-0.2, 0) is 25.5 Å². The van der Waals surface area contributed by atoms with Crippen molar-refractivity contribution in [2.45, 2.75) is 51.2 Å². The number of Topliss-reactive ketones (excluding diaryl/α,β-unsaturated/α-hetero) is 2. The summed E-state index contributed by atoms with van der Waals surface area (Å²) in [4.78, 5) is 55.9. The summed E-state index contributed by atoms with van der Waals surface area (Å²) < 4.78 is 11.5. The zero-order chi connectivity index (χ0) is 29.7. The fraction of sp³-hybridized carbons (Fsp3) is 0.517. The van der Waals surface area contributed by atoms with E-state index in [1.807, 2.05) is 32.0 Å². The monoisotopic (exact) mass is 555 g/mol. The van der Waals surface area contributed by atoms with Gasteiger partial charge in [0.1, 0.15) is 17.1 Å². The lowest BCUT2D eigenvalue weighted by atomic mass is 9.59. The number of allylic oxidation sites excluding steroid dienone is 1. The van der Waals surface area contributed by atoms with E-state index in [4.69, 9.17) is 15.2 Å². The first-order chi connectivity index (χ1) is 18.8. The highest BCUT2D eigenvalue weighted by Gasteiger charge is 2.63. The second-order valence-electron chi connectivity index (χ2n) is 11.1. The van der Waals surface area contributed by atoms with Gasteiger partial charge in [0.2, 0.25) is 0 Å². The van der Waals surface area contributed by atoms with Crippen LogP contribution in [0.2, 0.25) is 0 Å². The molecule has 4 unspecified atom stereocenters. The van der Waals surface area contributed by atoms with Gasteiger partial charge in [0.25, 0.3) is 5.91 Å². The van der Waals surface area contributed by atoms with Crippen LogP contribution in [0.15, 0.2) is 34.8 Å². The first kappa shape index (κ1) is 29.3. The van der Waals surface area contributed by atoms with Gasteiger partial charge in [-0.1, -0.05) is 13.3 Å². The minimum atomic E-state index is -2.53. The van der Waals surface area contributed by atoms with Crippen LogP contribution in [0.25, 0.3) is 0 Å². The number of unbranched alkanes of at least 4 members (excludes halogenated alkanes) is 1. The summed E-state index contributed by atoms with van der Waals surface area (Å²) in [6.45, 7) is 3.52. The molecule has 11 nitrogen and oxygen atoms in total. The number of ether oxygens (including phenoxy) is 2. The van der Waals surface area contributed by atoms with Crippen LogP contribution < -0.4 is 15.4 Å². The van der Waals surface area contributed by atoms with Gasteiger partial charge < -0.3 is 30.3 Å². The van der Waals surface area contributed by atoms with E-state index in [0.717, 1.165) is 31.0 Å². The minimum Gasteiger partial charge on any atom is -0.508 e. The molecule has 11 heteroatoms. The average molecular weight is 556 g/mol. The molecule has 0 fully saturated rings. The second-order valence-corrected chi connectivity index (χ2v) is 11.1. The molecular formula is C29H37N3O8. The van der Waals surface area contributed by atoms with Crippen LogP contribution >= 0.6 is 0 Å². The van der Waals surface area contributed by atoms with Crippen LogP contribution in [0, 0.1) is 11.8 Å². The summed E-state index contributed by atoms with van der Waals surface area (Å²) in [7, 11) is 6.92. The Morgan fingerprint density at radius 2 is 1.85 bits per heavy atom. The van der Waals surface area contributed by atoms with Gasteiger partial charge in [-0.3, -0.25) is 24.1 Å². The third-order valence-corrected chi connectivity index (χ3v) is 8.03. The van der Waals surface area contributed by atoms with Crippen molar-refractivity contribution in [3.05, 3.63) is 45.9 Å². The SMILES string of the molecule is CCCCOc1ccc(N(C)C)c2c1C(=O)C1=C(OC(C)=O)C3(O)C(O)=C(C(N)=O)C(=O)C(N(C)C)C3CC1C2. The molecule has 1 aromatic carbocycles. The Hall–Kier alpha value is -3.70. The van der Waals surface area contributed by atoms with E-state index in [1.54, 1.807) is 20.2 Å². The molecule has 4 rings (SSSR count). The first-order valence-electron chi connectivity index (χ1n) is 13.4. The Balaban J connectivity index is 2.04. The molecule has 0 aliphatic heterocycles. The summed E-state index contributed by atoms with van der Waals surface area (Å²) in [6.07, 6.45) is 2.08. The van der Waals surface area contributed by atoms with Gasteiger partial charge in [-0.2, -0.15) is 0 Å². The van der Waals surface area contributed by atoms with Crippen molar-refractivity contribution >= 4 is 29.1 Å². The average Bonchev–Trinajstić information content (AvgIpc) is 2.85. The Kier molecular flexibility index (Phi) is 7.83. The van der Waals surface area contributed by atoms with Gasteiger partial charge in [-0.15, -0.1) is 0 Å². The maximum atomic E-state index is 14.4. The molecular weight excluding hydrogens is 518 g/mol. The van der Waals surface area contributed by atoms with Gasteiger partial charge in [0.15, 0.2) is 22.9 Å². The van der Waals surface area contributed by atoms with Crippen molar-refractivity contribution in [1.82, 2.24) is 4.90 Å². The molecule has 0 bridgehead atoms. The first-order valence-corrected chi connectivity index (χ1v) is 13.4. The van der Waals surface area contributed by atoms with Crippen LogP contribution in [0.5, 0.6) is 5.75 Å². The van der Waals surface area contributed by atoms with E-state index < -0.39 is 64.0 Å². The number of anilines is 1. The lowest BCUT2D eigenvalue weighted by Gasteiger charge is -2.51. The predicted molar refractivity (Wildman–Crippen MR) is 146 cm³/mol. The van der Waals surface area contributed by atoms with Crippen molar-refractivity contribution in [3.8, 4) is 5.75 Å². The molecule has 0 saturated heterocycles. The number of hydrogen-bond acceptors (Lipinski definition) is 10. The number of rotatable bonds is 8. The van der Waals surface area contributed by atoms with Crippen LogP contribution in [0.4, 0.5) is 5.69 Å². The maximum absolute atomic E-state index is 14.4. The molecule has 0 heterocycles. The number of likely N-dealkylation sites (N-methyl/N-ethyl adjacent to an activating group) is 1. The summed E-state index contributed by atoms with van der Waals surface area (Å²) in [5, 5.41) is 23.4. The molecule has 4 N–H and O–H groups in total. The van der Waals surface area contributed by atoms with Crippen molar-refractivity contribution in [3.63, 3.8) is 0 Å². The highest BCUT2D eigenvalue weighted by atomic mass is 16.6. The quantitative estimate of drug-likeness (QED) is 0.245. The lowest BCUT2D eigenvalue weighted by Crippen LogP contribution is -2.63. The van der Waals surface area contributed by atoms with E-state index in [0.29, 0.717) is 18.8 Å². The summed E-state index contributed by atoms with van der Waals surface area (Å²) in [5.41, 5.74) is 3.98. The van der Waals surface area contributed by atoms with Crippen LogP contribution in [-0.4, -0.2) is 85.0 Å². The van der Waals surface area contributed by atoms with E-state index in [2.05, 4.69) is 0 Å². The number of aliphatic hydroxyl groups excluding tert-OH is 1. The zero-order valence-corrected chi connectivity index (χ0v) is 23.7. The third kappa shape index (κ3) is 4.46. The zero-order valence-electron chi connectivity index (χ0n) is 23.7. The number of carbonyl (C=O) groups is 4. The number of nitrogens with two attached hydrogens (primary N) is 1. The van der Waals surface area contributed by atoms with E-state index in [1.165, 1.54) is 4.90 Å². The largest absolute Gasteiger partial charge is 0.508 e.